The van der Waals surface area contributed by atoms with Crippen LogP contribution in [0.25, 0.3) is 0 Å². The average molecular weight is 259 g/mol. The number of benzene rings is 1. The van der Waals surface area contributed by atoms with Gasteiger partial charge in [-0.25, -0.2) is 9.78 Å². The molecule has 0 atom stereocenters. The number of esters is 1. The van der Waals surface area contributed by atoms with Crippen LogP contribution in [0.15, 0.2) is 36.9 Å². The zero-order valence-corrected chi connectivity index (χ0v) is 10.9. The van der Waals surface area contributed by atoms with Crippen LogP contribution in [0, 0.1) is 6.92 Å². The number of nitrogen functional groups attached to an aromatic ring is 1. The van der Waals surface area contributed by atoms with Crippen molar-refractivity contribution in [2.24, 2.45) is 0 Å². The number of ether oxygens (including phenoxy) is 1. The zero-order valence-electron chi connectivity index (χ0n) is 10.9. The number of aromatic nitrogens is 2. The second-order valence-electron chi connectivity index (χ2n) is 4.36. The Hall–Kier alpha value is -2.30. The van der Waals surface area contributed by atoms with E-state index in [2.05, 4.69) is 4.98 Å². The third kappa shape index (κ3) is 3.58. The number of imidazole rings is 1. The van der Waals surface area contributed by atoms with Crippen LogP contribution in [-0.4, -0.2) is 22.1 Å². The van der Waals surface area contributed by atoms with Gasteiger partial charge < -0.3 is 15.0 Å². The first-order valence-electron chi connectivity index (χ1n) is 6.16. The van der Waals surface area contributed by atoms with E-state index in [0.717, 1.165) is 18.5 Å². The van der Waals surface area contributed by atoms with Crippen LogP contribution in [0.1, 0.15) is 22.3 Å². The van der Waals surface area contributed by atoms with Gasteiger partial charge in [0, 0.05) is 24.6 Å². The number of hydrogen-bond acceptors (Lipinski definition) is 4. The van der Waals surface area contributed by atoms with Gasteiger partial charge in [0.2, 0.25) is 0 Å². The molecule has 0 aliphatic rings. The quantitative estimate of drug-likeness (QED) is 0.506. The second-order valence-corrected chi connectivity index (χ2v) is 4.36. The Balaban J connectivity index is 1.79. The maximum atomic E-state index is 11.8. The monoisotopic (exact) mass is 259 g/mol. The van der Waals surface area contributed by atoms with E-state index in [1.807, 2.05) is 17.7 Å². The van der Waals surface area contributed by atoms with Gasteiger partial charge >= 0.3 is 5.97 Å². The van der Waals surface area contributed by atoms with E-state index in [1.165, 1.54) is 0 Å². The molecule has 100 valence electrons. The molecular formula is C14H17N3O2. The molecule has 0 amide bonds. The topological polar surface area (TPSA) is 70.1 Å². The summed E-state index contributed by atoms with van der Waals surface area (Å²) in [6.45, 7) is 3.04. The molecule has 2 N–H and O–H groups in total. The van der Waals surface area contributed by atoms with Crippen molar-refractivity contribution in [3.05, 3.63) is 48.0 Å². The maximum Gasteiger partial charge on any atom is 0.338 e. The first-order valence-corrected chi connectivity index (χ1v) is 6.16. The van der Waals surface area contributed by atoms with E-state index in [0.29, 0.717) is 17.9 Å². The number of anilines is 1. The predicted molar refractivity (Wildman–Crippen MR) is 72.7 cm³/mol. The molecule has 5 nitrogen and oxygen atoms in total. The summed E-state index contributed by atoms with van der Waals surface area (Å²) >= 11 is 0. The molecular weight excluding hydrogens is 242 g/mol. The normalized spacial score (nSPS) is 10.4. The highest BCUT2D eigenvalue weighted by Gasteiger charge is 2.07. The Kier molecular flexibility index (Phi) is 4.18. The van der Waals surface area contributed by atoms with Crippen molar-refractivity contribution in [1.29, 1.82) is 0 Å². The van der Waals surface area contributed by atoms with E-state index in [1.54, 1.807) is 30.7 Å². The van der Waals surface area contributed by atoms with Crippen LogP contribution in [-0.2, 0) is 11.3 Å². The number of rotatable bonds is 5. The van der Waals surface area contributed by atoms with Gasteiger partial charge in [0.1, 0.15) is 0 Å². The number of hydrogen-bond donors (Lipinski definition) is 1. The lowest BCUT2D eigenvalue weighted by molar-refractivity contribution is 0.0496. The van der Waals surface area contributed by atoms with Gasteiger partial charge in [-0.3, -0.25) is 0 Å². The van der Waals surface area contributed by atoms with Crippen molar-refractivity contribution in [3.63, 3.8) is 0 Å². The maximum absolute atomic E-state index is 11.8. The van der Waals surface area contributed by atoms with Gasteiger partial charge in [0.15, 0.2) is 0 Å². The molecule has 2 rings (SSSR count). The SMILES string of the molecule is Cc1cc(C(=O)OCCCn2ccnc2)ccc1N. The zero-order chi connectivity index (χ0) is 13.7. The van der Waals surface area contributed by atoms with Gasteiger partial charge in [-0.05, 0) is 37.1 Å². The Morgan fingerprint density at radius 1 is 1.47 bits per heavy atom. The molecule has 0 bridgehead atoms. The molecule has 1 aromatic carbocycles. The van der Waals surface area contributed by atoms with E-state index >= 15 is 0 Å². The lowest BCUT2D eigenvalue weighted by atomic mass is 10.1. The van der Waals surface area contributed by atoms with E-state index < -0.39 is 0 Å². The van der Waals surface area contributed by atoms with Crippen LogP contribution < -0.4 is 5.73 Å². The van der Waals surface area contributed by atoms with E-state index in [4.69, 9.17) is 10.5 Å². The third-order valence-corrected chi connectivity index (χ3v) is 2.86. The fourth-order valence-corrected chi connectivity index (χ4v) is 1.72. The first-order chi connectivity index (χ1) is 9.16. The van der Waals surface area contributed by atoms with Gasteiger partial charge in [0.05, 0.1) is 18.5 Å². The van der Waals surface area contributed by atoms with E-state index in [-0.39, 0.29) is 5.97 Å². The minimum Gasteiger partial charge on any atom is -0.462 e. The Bertz CT molecular complexity index is 550. The van der Waals surface area contributed by atoms with Crippen molar-refractivity contribution in [1.82, 2.24) is 9.55 Å². The Labute approximate surface area is 112 Å². The lowest BCUT2D eigenvalue weighted by Gasteiger charge is -2.07. The fourth-order valence-electron chi connectivity index (χ4n) is 1.72. The number of carbonyl (C=O) groups excluding carboxylic acids is 1. The first kappa shape index (κ1) is 13.1. The molecule has 0 spiro atoms. The minimum absolute atomic E-state index is 0.311. The molecule has 0 saturated heterocycles. The largest absolute Gasteiger partial charge is 0.462 e. The molecule has 0 radical (unpaired) electrons. The van der Waals surface area contributed by atoms with Crippen LogP contribution in [0.3, 0.4) is 0 Å². The van der Waals surface area contributed by atoms with Gasteiger partial charge in [-0.2, -0.15) is 0 Å². The second kappa shape index (κ2) is 6.04. The molecule has 0 saturated carbocycles. The van der Waals surface area contributed by atoms with Crippen molar-refractivity contribution >= 4 is 11.7 Å². The number of aryl methyl sites for hydroxylation is 2. The number of nitrogens with two attached hydrogens (primary N) is 1. The molecule has 0 aliphatic heterocycles. The summed E-state index contributed by atoms with van der Waals surface area (Å²) in [5.74, 6) is -0.311. The van der Waals surface area contributed by atoms with Gasteiger partial charge in [-0.15, -0.1) is 0 Å². The molecule has 5 heteroatoms. The molecule has 19 heavy (non-hydrogen) atoms. The lowest BCUT2D eigenvalue weighted by Crippen LogP contribution is -2.09. The predicted octanol–water partition coefficient (Wildman–Crippen LogP) is 2.02. The Morgan fingerprint density at radius 2 is 2.32 bits per heavy atom. The summed E-state index contributed by atoms with van der Waals surface area (Å²) in [5.41, 5.74) is 7.80. The highest BCUT2D eigenvalue weighted by molar-refractivity contribution is 5.90. The molecule has 0 unspecified atom stereocenters. The van der Waals surface area contributed by atoms with Gasteiger partial charge in [-0.1, -0.05) is 0 Å². The summed E-state index contributed by atoms with van der Waals surface area (Å²) in [4.78, 5) is 15.7. The fraction of sp³-hybridized carbons (Fsp3) is 0.286. The summed E-state index contributed by atoms with van der Waals surface area (Å²) in [7, 11) is 0. The van der Waals surface area contributed by atoms with Crippen LogP contribution in [0.4, 0.5) is 5.69 Å². The molecule has 2 aromatic rings. The summed E-state index contributed by atoms with van der Waals surface area (Å²) < 4.78 is 7.15. The highest BCUT2D eigenvalue weighted by Crippen LogP contribution is 2.13. The molecule has 1 heterocycles. The smallest absolute Gasteiger partial charge is 0.338 e. The third-order valence-electron chi connectivity index (χ3n) is 2.86. The molecule has 1 aromatic heterocycles. The minimum atomic E-state index is -0.311. The van der Waals surface area contributed by atoms with Crippen LogP contribution in [0.5, 0.6) is 0 Å². The standard InChI is InChI=1S/C14H17N3O2/c1-11-9-12(3-4-13(11)15)14(18)19-8-2-6-17-7-5-16-10-17/h3-5,7,9-10H,2,6,8,15H2,1H3. The molecule has 0 fully saturated rings. The average Bonchev–Trinajstić information content (AvgIpc) is 2.91. The van der Waals surface area contributed by atoms with Crippen molar-refractivity contribution in [3.8, 4) is 0 Å². The summed E-state index contributed by atoms with van der Waals surface area (Å²) in [6, 6.07) is 5.14. The van der Waals surface area contributed by atoms with Gasteiger partial charge in [0.25, 0.3) is 0 Å². The number of carbonyl (C=O) groups is 1. The summed E-state index contributed by atoms with van der Waals surface area (Å²) in [5, 5.41) is 0. The van der Waals surface area contributed by atoms with Crippen LogP contribution >= 0.6 is 0 Å². The number of nitrogens with zero attached hydrogens (tertiary/aromatic N) is 2. The highest BCUT2D eigenvalue weighted by atomic mass is 16.5. The molecule has 0 aliphatic carbocycles. The van der Waals surface area contributed by atoms with Crippen molar-refractivity contribution < 1.29 is 9.53 Å². The Morgan fingerprint density at radius 3 is 3.00 bits per heavy atom. The summed E-state index contributed by atoms with van der Waals surface area (Å²) in [6.07, 6.45) is 6.11. The van der Waals surface area contributed by atoms with E-state index in [9.17, 15) is 4.79 Å². The van der Waals surface area contributed by atoms with Crippen molar-refractivity contribution in [2.75, 3.05) is 12.3 Å². The van der Waals surface area contributed by atoms with Crippen molar-refractivity contribution in [2.45, 2.75) is 19.9 Å². The van der Waals surface area contributed by atoms with Crippen LogP contribution in [0.2, 0.25) is 0 Å².